The Morgan fingerprint density at radius 2 is 2.06 bits per heavy atom. The maximum atomic E-state index is 12.4. The molecule has 0 spiro atoms. The number of benzene rings is 1. The summed E-state index contributed by atoms with van der Waals surface area (Å²) in [5.74, 6) is 0. The van der Waals surface area contributed by atoms with Crippen LogP contribution in [0.1, 0.15) is 6.42 Å². The van der Waals surface area contributed by atoms with Crippen LogP contribution in [0.15, 0.2) is 23.1 Å². The Morgan fingerprint density at radius 1 is 1.28 bits per heavy atom. The average Bonchev–Trinajstić information content (AvgIpc) is 2.57. The van der Waals surface area contributed by atoms with E-state index in [2.05, 4.69) is 0 Å². The highest BCUT2D eigenvalue weighted by molar-refractivity contribution is 7.89. The summed E-state index contributed by atoms with van der Waals surface area (Å²) in [7, 11) is -3.56. The molecule has 0 unspecified atom stereocenters. The highest BCUT2D eigenvalue weighted by Gasteiger charge is 2.27. The summed E-state index contributed by atoms with van der Waals surface area (Å²) in [4.78, 5) is 0.105. The van der Waals surface area contributed by atoms with Gasteiger partial charge in [-0.05, 0) is 24.6 Å². The summed E-state index contributed by atoms with van der Waals surface area (Å²) in [5, 5.41) is 0.422. The number of ether oxygens (including phenoxy) is 1. The van der Waals surface area contributed by atoms with Crippen molar-refractivity contribution in [2.75, 3.05) is 32.0 Å². The molecule has 2 N–H and O–H groups in total. The molecule has 1 heterocycles. The van der Waals surface area contributed by atoms with Crippen molar-refractivity contribution in [2.45, 2.75) is 11.3 Å². The molecule has 18 heavy (non-hydrogen) atoms. The minimum absolute atomic E-state index is 0.105. The maximum absolute atomic E-state index is 12.4. The van der Waals surface area contributed by atoms with Crippen LogP contribution in [0, 0.1) is 0 Å². The molecule has 1 aromatic carbocycles. The predicted octanol–water partition coefficient (Wildman–Crippen LogP) is 1.33. The molecule has 100 valence electrons. The monoisotopic (exact) mass is 290 g/mol. The first-order valence-electron chi connectivity index (χ1n) is 5.65. The van der Waals surface area contributed by atoms with E-state index in [4.69, 9.17) is 22.1 Å². The highest BCUT2D eigenvalue weighted by atomic mass is 35.5. The lowest BCUT2D eigenvalue weighted by Gasteiger charge is -2.20. The second-order valence-corrected chi connectivity index (χ2v) is 6.39. The summed E-state index contributed by atoms with van der Waals surface area (Å²) in [6.45, 7) is 1.80. The Hall–Kier alpha value is -0.820. The molecular formula is C11H15ClN2O3S. The first kappa shape index (κ1) is 13.6. The summed E-state index contributed by atoms with van der Waals surface area (Å²) >= 11 is 5.77. The second kappa shape index (κ2) is 5.44. The first-order valence-corrected chi connectivity index (χ1v) is 7.46. The van der Waals surface area contributed by atoms with E-state index in [9.17, 15) is 8.42 Å². The van der Waals surface area contributed by atoms with Crippen molar-refractivity contribution in [2.24, 2.45) is 0 Å². The average molecular weight is 291 g/mol. The summed E-state index contributed by atoms with van der Waals surface area (Å²) in [6, 6.07) is 4.42. The van der Waals surface area contributed by atoms with Gasteiger partial charge in [0.1, 0.15) is 4.90 Å². The van der Waals surface area contributed by atoms with Gasteiger partial charge in [0.25, 0.3) is 0 Å². The maximum Gasteiger partial charge on any atom is 0.245 e. The van der Waals surface area contributed by atoms with E-state index in [-0.39, 0.29) is 10.6 Å². The lowest BCUT2D eigenvalue weighted by atomic mass is 10.3. The van der Waals surface area contributed by atoms with Crippen LogP contribution in [0.25, 0.3) is 0 Å². The van der Waals surface area contributed by atoms with Crippen molar-refractivity contribution in [1.29, 1.82) is 0 Å². The van der Waals surface area contributed by atoms with Gasteiger partial charge in [0, 0.05) is 24.7 Å². The molecule has 0 bridgehead atoms. The molecule has 1 aliphatic heterocycles. The van der Waals surface area contributed by atoms with E-state index in [0.717, 1.165) is 0 Å². The largest absolute Gasteiger partial charge is 0.398 e. The smallest absolute Gasteiger partial charge is 0.245 e. The van der Waals surface area contributed by atoms with E-state index < -0.39 is 10.0 Å². The van der Waals surface area contributed by atoms with E-state index in [0.29, 0.717) is 37.7 Å². The van der Waals surface area contributed by atoms with E-state index in [1.807, 2.05) is 0 Å². The molecule has 2 rings (SSSR count). The van der Waals surface area contributed by atoms with Crippen molar-refractivity contribution in [3.05, 3.63) is 23.2 Å². The van der Waals surface area contributed by atoms with Crippen molar-refractivity contribution in [3.63, 3.8) is 0 Å². The van der Waals surface area contributed by atoms with Crippen LogP contribution in [0.3, 0.4) is 0 Å². The topological polar surface area (TPSA) is 72.6 Å². The van der Waals surface area contributed by atoms with Crippen molar-refractivity contribution < 1.29 is 13.2 Å². The second-order valence-electron chi connectivity index (χ2n) is 4.05. The molecule has 5 nitrogen and oxygen atoms in total. The Labute approximate surface area is 112 Å². The van der Waals surface area contributed by atoms with Crippen LogP contribution in [-0.4, -0.2) is 39.0 Å². The number of sulfonamides is 1. The molecule has 0 saturated carbocycles. The third-order valence-corrected chi connectivity index (χ3v) is 4.98. The van der Waals surface area contributed by atoms with Gasteiger partial charge in [-0.3, -0.25) is 0 Å². The number of anilines is 1. The first-order chi connectivity index (χ1) is 8.51. The van der Waals surface area contributed by atoms with Crippen LogP contribution in [0.2, 0.25) is 5.02 Å². The van der Waals surface area contributed by atoms with Crippen LogP contribution in [0.4, 0.5) is 5.69 Å². The zero-order chi connectivity index (χ0) is 13.2. The number of halogens is 1. The van der Waals surface area contributed by atoms with Crippen molar-refractivity contribution >= 4 is 27.3 Å². The lowest BCUT2D eigenvalue weighted by Crippen LogP contribution is -2.33. The Balaban J connectivity index is 2.34. The molecule has 1 saturated heterocycles. The van der Waals surface area contributed by atoms with E-state index >= 15 is 0 Å². The minimum atomic E-state index is -3.56. The molecule has 1 fully saturated rings. The third kappa shape index (κ3) is 2.77. The summed E-state index contributed by atoms with van der Waals surface area (Å²) in [5.41, 5.74) is 5.91. The number of nitrogens with two attached hydrogens (primary N) is 1. The molecule has 1 aromatic rings. The SMILES string of the molecule is Nc1cc(Cl)ccc1S(=O)(=O)N1CCCOCC1. The zero-order valence-corrected chi connectivity index (χ0v) is 11.4. The number of rotatable bonds is 2. The van der Waals surface area contributed by atoms with Gasteiger partial charge in [0.05, 0.1) is 12.3 Å². The molecule has 0 aliphatic carbocycles. The fourth-order valence-electron chi connectivity index (χ4n) is 1.86. The van der Waals surface area contributed by atoms with Gasteiger partial charge in [-0.15, -0.1) is 0 Å². The molecule has 0 aromatic heterocycles. The number of nitrogens with zero attached hydrogens (tertiary/aromatic N) is 1. The Morgan fingerprint density at radius 3 is 2.78 bits per heavy atom. The van der Waals surface area contributed by atoms with Crippen LogP contribution >= 0.6 is 11.6 Å². The Kier molecular flexibility index (Phi) is 4.11. The fraction of sp³-hybridized carbons (Fsp3) is 0.455. The Bertz CT molecular complexity index is 525. The molecule has 0 atom stereocenters. The van der Waals surface area contributed by atoms with Crippen LogP contribution in [0.5, 0.6) is 0 Å². The molecule has 0 radical (unpaired) electrons. The lowest BCUT2D eigenvalue weighted by molar-refractivity contribution is 0.148. The highest BCUT2D eigenvalue weighted by Crippen LogP contribution is 2.25. The minimum Gasteiger partial charge on any atom is -0.398 e. The molecule has 0 amide bonds. The van der Waals surface area contributed by atoms with Gasteiger partial charge in [-0.2, -0.15) is 4.31 Å². The van der Waals surface area contributed by atoms with Crippen molar-refractivity contribution in [3.8, 4) is 0 Å². The number of hydrogen-bond acceptors (Lipinski definition) is 4. The normalized spacial score (nSPS) is 18.5. The van der Waals surface area contributed by atoms with Gasteiger partial charge in [-0.25, -0.2) is 8.42 Å². The van der Waals surface area contributed by atoms with Gasteiger partial charge >= 0.3 is 0 Å². The summed E-state index contributed by atoms with van der Waals surface area (Å²) < 4.78 is 31.5. The van der Waals surface area contributed by atoms with Crippen LogP contribution < -0.4 is 5.73 Å². The third-order valence-electron chi connectivity index (χ3n) is 2.77. The molecule has 1 aliphatic rings. The number of hydrogen-bond donors (Lipinski definition) is 1. The molecule has 7 heteroatoms. The molecular weight excluding hydrogens is 276 g/mol. The number of nitrogen functional groups attached to an aromatic ring is 1. The summed E-state index contributed by atoms with van der Waals surface area (Å²) in [6.07, 6.45) is 0.687. The van der Waals surface area contributed by atoms with Crippen molar-refractivity contribution in [1.82, 2.24) is 4.31 Å². The van der Waals surface area contributed by atoms with Crippen LogP contribution in [-0.2, 0) is 14.8 Å². The van der Waals surface area contributed by atoms with E-state index in [1.54, 1.807) is 0 Å². The predicted molar refractivity (Wildman–Crippen MR) is 70.1 cm³/mol. The van der Waals surface area contributed by atoms with Gasteiger partial charge < -0.3 is 10.5 Å². The fourth-order valence-corrected chi connectivity index (χ4v) is 3.60. The van der Waals surface area contributed by atoms with Gasteiger partial charge in [-0.1, -0.05) is 11.6 Å². The van der Waals surface area contributed by atoms with Gasteiger partial charge in [0.15, 0.2) is 0 Å². The van der Waals surface area contributed by atoms with E-state index in [1.165, 1.54) is 22.5 Å². The standard InChI is InChI=1S/C11H15ClN2O3S/c12-9-2-3-11(10(13)8-9)18(15,16)14-4-1-6-17-7-5-14/h2-3,8H,1,4-7,13H2. The zero-order valence-electron chi connectivity index (χ0n) is 9.80. The quantitative estimate of drug-likeness (QED) is 0.834. The van der Waals surface area contributed by atoms with Gasteiger partial charge in [0.2, 0.25) is 10.0 Å².